The van der Waals surface area contributed by atoms with Crippen molar-refractivity contribution in [3.63, 3.8) is 0 Å². The zero-order valence-corrected chi connectivity index (χ0v) is 16.3. The largest absolute Gasteiger partial charge is 0.451 e. The van der Waals surface area contributed by atoms with Gasteiger partial charge < -0.3 is 4.74 Å². The summed E-state index contributed by atoms with van der Waals surface area (Å²) in [5, 5.41) is 0. The van der Waals surface area contributed by atoms with Crippen LogP contribution in [-0.2, 0) is 19.1 Å². The van der Waals surface area contributed by atoms with Crippen LogP contribution in [0.4, 0.5) is 0 Å². The van der Waals surface area contributed by atoms with Gasteiger partial charge in [0.1, 0.15) is 6.04 Å². The highest BCUT2D eigenvalue weighted by Crippen LogP contribution is 2.45. The third-order valence-corrected chi connectivity index (χ3v) is 6.61. The third-order valence-electron chi connectivity index (χ3n) is 6.61. The summed E-state index contributed by atoms with van der Waals surface area (Å²) in [6.07, 6.45) is 2.87. The molecular weight excluding hydrogens is 366 g/mol. The molecule has 1 heterocycles. The molecule has 5 rings (SSSR count). The lowest BCUT2D eigenvalue weighted by molar-refractivity contribution is -0.160. The van der Waals surface area contributed by atoms with E-state index in [-0.39, 0.29) is 23.7 Å². The molecular formula is C24H23NO4. The van der Waals surface area contributed by atoms with Gasteiger partial charge in [0.15, 0.2) is 6.10 Å². The lowest BCUT2D eigenvalue weighted by Crippen LogP contribution is -2.44. The summed E-state index contributed by atoms with van der Waals surface area (Å²) in [6.45, 7) is 1.60. The fraction of sp³-hybridized carbons (Fsp3) is 0.375. The normalized spacial score (nSPS) is 24.1. The van der Waals surface area contributed by atoms with Crippen LogP contribution in [0.5, 0.6) is 0 Å². The van der Waals surface area contributed by atoms with Crippen molar-refractivity contribution in [2.75, 3.05) is 0 Å². The number of imide groups is 1. The summed E-state index contributed by atoms with van der Waals surface area (Å²) >= 11 is 0. The van der Waals surface area contributed by atoms with Crippen LogP contribution in [0.1, 0.15) is 49.8 Å². The molecule has 0 N–H and O–H groups in total. The SMILES string of the molecule is C[C@H](C(=O)OC1c2ccccc2-c2ccccc21)N1C(=O)[C@H]2CCCC[C@H]2C1=O. The Morgan fingerprint density at radius 2 is 1.38 bits per heavy atom. The molecule has 5 nitrogen and oxygen atoms in total. The van der Waals surface area contributed by atoms with Gasteiger partial charge in [-0.1, -0.05) is 61.4 Å². The molecule has 0 bridgehead atoms. The summed E-state index contributed by atoms with van der Waals surface area (Å²) in [5.74, 6) is -1.49. The van der Waals surface area contributed by atoms with E-state index in [1.807, 2.05) is 48.5 Å². The topological polar surface area (TPSA) is 63.7 Å². The van der Waals surface area contributed by atoms with Gasteiger partial charge in [0.25, 0.3) is 0 Å². The summed E-state index contributed by atoms with van der Waals surface area (Å²) in [4.78, 5) is 39.9. The smallest absolute Gasteiger partial charge is 0.330 e. The first-order valence-corrected chi connectivity index (χ1v) is 10.3. The first kappa shape index (κ1) is 18.1. The quantitative estimate of drug-likeness (QED) is 0.591. The second kappa shape index (κ2) is 6.83. The Labute approximate surface area is 169 Å². The predicted molar refractivity (Wildman–Crippen MR) is 107 cm³/mol. The van der Waals surface area contributed by atoms with Gasteiger partial charge in [0.05, 0.1) is 11.8 Å². The van der Waals surface area contributed by atoms with Gasteiger partial charge in [0.2, 0.25) is 11.8 Å². The second-order valence-corrected chi connectivity index (χ2v) is 8.21. The van der Waals surface area contributed by atoms with E-state index < -0.39 is 18.1 Å². The highest BCUT2D eigenvalue weighted by Gasteiger charge is 2.51. The number of carbonyl (C=O) groups excluding carboxylic acids is 3. The Kier molecular flexibility index (Phi) is 4.26. The van der Waals surface area contributed by atoms with Crippen LogP contribution in [0.3, 0.4) is 0 Å². The van der Waals surface area contributed by atoms with E-state index in [0.717, 1.165) is 52.8 Å². The first-order valence-electron chi connectivity index (χ1n) is 10.3. The van der Waals surface area contributed by atoms with Crippen molar-refractivity contribution >= 4 is 17.8 Å². The molecule has 1 aliphatic heterocycles. The zero-order chi connectivity index (χ0) is 20.1. The number of rotatable bonds is 3. The van der Waals surface area contributed by atoms with E-state index in [9.17, 15) is 14.4 Å². The van der Waals surface area contributed by atoms with Crippen LogP contribution < -0.4 is 0 Å². The molecule has 2 aromatic carbocycles. The summed E-state index contributed by atoms with van der Waals surface area (Å²) < 4.78 is 5.90. The summed E-state index contributed by atoms with van der Waals surface area (Å²) in [5.41, 5.74) is 3.96. The molecule has 0 spiro atoms. The van der Waals surface area contributed by atoms with Crippen molar-refractivity contribution in [3.05, 3.63) is 59.7 Å². The van der Waals surface area contributed by atoms with Gasteiger partial charge in [-0.2, -0.15) is 0 Å². The van der Waals surface area contributed by atoms with Crippen molar-refractivity contribution in [1.29, 1.82) is 0 Å². The molecule has 0 unspecified atom stereocenters. The van der Waals surface area contributed by atoms with E-state index in [0.29, 0.717) is 0 Å². The molecule has 29 heavy (non-hydrogen) atoms. The molecule has 2 fully saturated rings. The Bertz CT molecular complexity index is 944. The zero-order valence-electron chi connectivity index (χ0n) is 16.3. The maximum atomic E-state index is 13.0. The Balaban J connectivity index is 1.41. The summed E-state index contributed by atoms with van der Waals surface area (Å²) in [6, 6.07) is 14.8. The third kappa shape index (κ3) is 2.71. The van der Waals surface area contributed by atoms with Gasteiger partial charge in [0, 0.05) is 11.1 Å². The minimum atomic E-state index is -0.916. The molecule has 1 saturated carbocycles. The average molecular weight is 389 g/mol. The molecule has 2 aliphatic carbocycles. The molecule has 148 valence electrons. The maximum Gasteiger partial charge on any atom is 0.330 e. The fourth-order valence-corrected chi connectivity index (χ4v) is 5.13. The summed E-state index contributed by atoms with van der Waals surface area (Å²) in [7, 11) is 0. The van der Waals surface area contributed by atoms with Crippen molar-refractivity contribution in [2.45, 2.75) is 44.8 Å². The Morgan fingerprint density at radius 3 is 1.90 bits per heavy atom. The van der Waals surface area contributed by atoms with Crippen LogP contribution in [0.2, 0.25) is 0 Å². The molecule has 2 aromatic rings. The molecule has 1 saturated heterocycles. The number of likely N-dealkylation sites (tertiary alicyclic amines) is 1. The van der Waals surface area contributed by atoms with Crippen molar-refractivity contribution in [3.8, 4) is 11.1 Å². The van der Waals surface area contributed by atoms with Crippen LogP contribution in [-0.4, -0.2) is 28.7 Å². The lowest BCUT2D eigenvalue weighted by atomic mass is 9.81. The number of hydrogen-bond donors (Lipinski definition) is 0. The highest BCUT2D eigenvalue weighted by atomic mass is 16.5. The minimum Gasteiger partial charge on any atom is -0.451 e. The van der Waals surface area contributed by atoms with Crippen LogP contribution in [0, 0.1) is 11.8 Å². The number of nitrogens with zero attached hydrogens (tertiary/aromatic N) is 1. The van der Waals surface area contributed by atoms with Crippen LogP contribution >= 0.6 is 0 Å². The van der Waals surface area contributed by atoms with Crippen molar-refractivity contribution < 1.29 is 19.1 Å². The van der Waals surface area contributed by atoms with E-state index >= 15 is 0 Å². The average Bonchev–Trinajstić information content (AvgIpc) is 3.20. The van der Waals surface area contributed by atoms with Crippen LogP contribution in [0.25, 0.3) is 11.1 Å². The van der Waals surface area contributed by atoms with E-state index in [4.69, 9.17) is 4.74 Å². The minimum absolute atomic E-state index is 0.212. The number of benzene rings is 2. The van der Waals surface area contributed by atoms with Gasteiger partial charge >= 0.3 is 5.97 Å². The lowest BCUT2D eigenvalue weighted by Gasteiger charge is -2.24. The number of fused-ring (bicyclic) bond motifs is 4. The maximum absolute atomic E-state index is 13.0. The Morgan fingerprint density at radius 1 is 0.897 bits per heavy atom. The molecule has 2 amide bonds. The number of hydrogen-bond acceptors (Lipinski definition) is 4. The van der Waals surface area contributed by atoms with Gasteiger partial charge in [-0.15, -0.1) is 0 Å². The number of amides is 2. The number of carbonyl (C=O) groups is 3. The monoisotopic (exact) mass is 389 g/mol. The van der Waals surface area contributed by atoms with Gasteiger partial charge in [-0.05, 0) is 30.9 Å². The molecule has 0 aromatic heterocycles. The van der Waals surface area contributed by atoms with Gasteiger partial charge in [-0.3, -0.25) is 14.5 Å². The first-order chi connectivity index (χ1) is 14.1. The van der Waals surface area contributed by atoms with Crippen molar-refractivity contribution in [2.24, 2.45) is 11.8 Å². The van der Waals surface area contributed by atoms with E-state index in [2.05, 4.69) is 0 Å². The second-order valence-electron chi connectivity index (χ2n) is 8.21. The van der Waals surface area contributed by atoms with Crippen LogP contribution in [0.15, 0.2) is 48.5 Å². The Hall–Kier alpha value is -2.95. The molecule has 5 heteroatoms. The predicted octanol–water partition coefficient (Wildman–Crippen LogP) is 3.86. The number of ether oxygens (including phenoxy) is 1. The molecule has 0 radical (unpaired) electrons. The standard InChI is InChI=1S/C24H23NO4/c1-14(25-22(26)19-12-6-7-13-20(19)23(25)27)24(28)29-21-17-10-4-2-8-15(17)16-9-3-5-11-18(16)21/h2-5,8-11,14,19-21H,6-7,12-13H2,1H3/t14-,19-,20+/m1/s1. The molecule has 3 atom stereocenters. The number of esters is 1. The van der Waals surface area contributed by atoms with E-state index in [1.54, 1.807) is 6.92 Å². The fourth-order valence-electron chi connectivity index (χ4n) is 5.13. The van der Waals surface area contributed by atoms with Crippen molar-refractivity contribution in [1.82, 2.24) is 4.90 Å². The van der Waals surface area contributed by atoms with Gasteiger partial charge in [-0.25, -0.2) is 4.79 Å². The highest BCUT2D eigenvalue weighted by molar-refractivity contribution is 6.07. The van der Waals surface area contributed by atoms with E-state index in [1.165, 1.54) is 0 Å². The molecule has 3 aliphatic rings.